The summed E-state index contributed by atoms with van der Waals surface area (Å²) in [7, 11) is 0. The van der Waals surface area contributed by atoms with Gasteiger partial charge in [-0.15, -0.1) is 0 Å². The summed E-state index contributed by atoms with van der Waals surface area (Å²) in [6.07, 6.45) is 0. The lowest BCUT2D eigenvalue weighted by Crippen LogP contribution is -2.19. The number of amides is 2. The standard InChI is InChI=1S/C24H19BrClN3O2/c1-2-31-23-14-22(15-4-3-5-17(26)12-15)29-21-11-10-19(13-20(21)23)28-24(30)27-18-8-6-16(25)7-9-18/h3-14H,2H2,1H3,(H2,27,28,30). The minimum absolute atomic E-state index is 0.330. The predicted octanol–water partition coefficient (Wildman–Crippen LogP) is 7.36. The van der Waals surface area contributed by atoms with Gasteiger partial charge in [0.25, 0.3) is 0 Å². The summed E-state index contributed by atoms with van der Waals surface area (Å²) in [5, 5.41) is 7.13. The van der Waals surface area contributed by atoms with Crippen LogP contribution >= 0.6 is 27.5 Å². The van der Waals surface area contributed by atoms with Crippen LogP contribution in [0.2, 0.25) is 5.02 Å². The molecule has 0 saturated heterocycles. The van der Waals surface area contributed by atoms with Gasteiger partial charge >= 0.3 is 6.03 Å². The maximum Gasteiger partial charge on any atom is 0.323 e. The topological polar surface area (TPSA) is 63.2 Å². The van der Waals surface area contributed by atoms with Crippen LogP contribution in [-0.2, 0) is 0 Å². The van der Waals surface area contributed by atoms with Crippen molar-refractivity contribution in [1.29, 1.82) is 0 Å². The van der Waals surface area contributed by atoms with Crippen LogP contribution < -0.4 is 15.4 Å². The van der Waals surface area contributed by atoms with Crippen LogP contribution in [0, 0.1) is 0 Å². The number of hydrogen-bond donors (Lipinski definition) is 2. The fourth-order valence-corrected chi connectivity index (χ4v) is 3.62. The summed E-state index contributed by atoms with van der Waals surface area (Å²) in [4.78, 5) is 17.1. The van der Waals surface area contributed by atoms with Crippen LogP contribution in [0.5, 0.6) is 5.75 Å². The van der Waals surface area contributed by atoms with E-state index in [9.17, 15) is 4.79 Å². The SMILES string of the molecule is CCOc1cc(-c2cccc(Cl)c2)nc2ccc(NC(=O)Nc3ccc(Br)cc3)cc12. The molecule has 2 N–H and O–H groups in total. The number of urea groups is 1. The van der Waals surface area contributed by atoms with E-state index >= 15 is 0 Å². The number of carbonyl (C=O) groups is 1. The van der Waals surface area contributed by atoms with Crippen molar-refractivity contribution in [3.63, 3.8) is 0 Å². The number of benzene rings is 3. The van der Waals surface area contributed by atoms with Gasteiger partial charge in [-0.05, 0) is 61.5 Å². The maximum absolute atomic E-state index is 12.4. The second kappa shape index (κ2) is 9.37. The number of anilines is 2. The maximum atomic E-state index is 12.4. The molecule has 5 nitrogen and oxygen atoms in total. The molecule has 0 atom stereocenters. The van der Waals surface area contributed by atoms with Gasteiger partial charge in [-0.3, -0.25) is 0 Å². The van der Waals surface area contributed by atoms with E-state index in [1.807, 2.05) is 79.7 Å². The zero-order valence-corrected chi connectivity index (χ0v) is 19.0. The monoisotopic (exact) mass is 495 g/mol. The van der Waals surface area contributed by atoms with Crippen molar-refractivity contribution < 1.29 is 9.53 Å². The van der Waals surface area contributed by atoms with Crippen LogP contribution in [0.1, 0.15) is 6.92 Å². The van der Waals surface area contributed by atoms with E-state index in [4.69, 9.17) is 21.3 Å². The first kappa shape index (κ1) is 21.2. The largest absolute Gasteiger partial charge is 0.493 e. The highest BCUT2D eigenvalue weighted by molar-refractivity contribution is 9.10. The molecule has 0 spiro atoms. The van der Waals surface area contributed by atoms with Crippen LogP contribution in [-0.4, -0.2) is 17.6 Å². The molecule has 156 valence electrons. The van der Waals surface area contributed by atoms with Gasteiger partial charge in [-0.1, -0.05) is 39.7 Å². The summed E-state index contributed by atoms with van der Waals surface area (Å²) in [6, 6.07) is 22.0. The van der Waals surface area contributed by atoms with Crippen molar-refractivity contribution in [3.8, 4) is 17.0 Å². The van der Waals surface area contributed by atoms with E-state index in [0.717, 1.165) is 26.6 Å². The second-order valence-electron chi connectivity index (χ2n) is 6.77. The molecular weight excluding hydrogens is 478 g/mol. The molecule has 2 amide bonds. The number of carbonyl (C=O) groups excluding carboxylic acids is 1. The average Bonchev–Trinajstić information content (AvgIpc) is 2.75. The minimum Gasteiger partial charge on any atom is -0.493 e. The van der Waals surface area contributed by atoms with Crippen LogP contribution in [0.3, 0.4) is 0 Å². The van der Waals surface area contributed by atoms with Crippen molar-refractivity contribution in [2.75, 3.05) is 17.2 Å². The Morgan fingerprint density at radius 3 is 2.48 bits per heavy atom. The number of halogens is 2. The van der Waals surface area contributed by atoms with Gasteiger partial charge in [0.1, 0.15) is 5.75 Å². The molecule has 0 radical (unpaired) electrons. The quantitative estimate of drug-likeness (QED) is 0.303. The van der Waals surface area contributed by atoms with Crippen LogP contribution in [0.25, 0.3) is 22.2 Å². The van der Waals surface area contributed by atoms with Gasteiger partial charge in [-0.25, -0.2) is 9.78 Å². The number of nitrogens with zero attached hydrogens (tertiary/aromatic N) is 1. The van der Waals surface area contributed by atoms with E-state index in [-0.39, 0.29) is 6.03 Å². The molecule has 31 heavy (non-hydrogen) atoms. The number of hydrogen-bond acceptors (Lipinski definition) is 3. The Labute approximate surface area is 193 Å². The molecule has 4 aromatic rings. The first-order valence-corrected chi connectivity index (χ1v) is 10.9. The summed E-state index contributed by atoms with van der Waals surface area (Å²) < 4.78 is 6.82. The fourth-order valence-electron chi connectivity index (χ4n) is 3.17. The fraction of sp³-hybridized carbons (Fsp3) is 0.0833. The number of aromatic nitrogens is 1. The highest BCUT2D eigenvalue weighted by Gasteiger charge is 2.11. The van der Waals surface area contributed by atoms with E-state index in [1.54, 1.807) is 0 Å². The number of rotatable bonds is 5. The van der Waals surface area contributed by atoms with Crippen molar-refractivity contribution in [2.45, 2.75) is 6.92 Å². The number of pyridine rings is 1. The van der Waals surface area contributed by atoms with Crippen molar-refractivity contribution >= 4 is 55.8 Å². The Morgan fingerprint density at radius 2 is 1.74 bits per heavy atom. The van der Waals surface area contributed by atoms with E-state index in [2.05, 4.69) is 26.6 Å². The Kier molecular flexibility index (Phi) is 6.39. The number of fused-ring (bicyclic) bond motifs is 1. The minimum atomic E-state index is -0.330. The molecule has 4 rings (SSSR count). The molecule has 0 unspecified atom stereocenters. The molecule has 0 bridgehead atoms. The smallest absolute Gasteiger partial charge is 0.323 e. The van der Waals surface area contributed by atoms with Crippen LogP contribution in [0.15, 0.2) is 77.3 Å². The lowest BCUT2D eigenvalue weighted by atomic mass is 10.1. The van der Waals surface area contributed by atoms with Crippen LogP contribution in [0.4, 0.5) is 16.2 Å². The molecule has 1 aromatic heterocycles. The summed E-state index contributed by atoms with van der Waals surface area (Å²) in [5.41, 5.74) is 3.78. The van der Waals surface area contributed by atoms with Crippen molar-refractivity contribution in [3.05, 3.63) is 82.3 Å². The average molecular weight is 497 g/mol. The molecule has 0 aliphatic rings. The van der Waals surface area contributed by atoms with Crippen molar-refractivity contribution in [1.82, 2.24) is 4.98 Å². The molecule has 7 heteroatoms. The number of nitrogens with one attached hydrogen (secondary N) is 2. The lowest BCUT2D eigenvalue weighted by molar-refractivity contribution is 0.262. The van der Waals surface area contributed by atoms with E-state index in [1.165, 1.54) is 0 Å². The molecule has 0 fully saturated rings. The zero-order valence-electron chi connectivity index (χ0n) is 16.7. The Morgan fingerprint density at radius 1 is 1.00 bits per heavy atom. The van der Waals surface area contributed by atoms with E-state index in [0.29, 0.717) is 28.8 Å². The third kappa shape index (κ3) is 5.16. The van der Waals surface area contributed by atoms with Gasteiger partial charge < -0.3 is 15.4 Å². The number of ether oxygens (including phenoxy) is 1. The molecule has 3 aromatic carbocycles. The molecule has 0 saturated carbocycles. The van der Waals surface area contributed by atoms with Gasteiger partial charge in [0.2, 0.25) is 0 Å². The zero-order chi connectivity index (χ0) is 21.8. The van der Waals surface area contributed by atoms with Gasteiger partial charge in [-0.2, -0.15) is 0 Å². The Hall–Kier alpha value is -3.09. The second-order valence-corrected chi connectivity index (χ2v) is 8.12. The summed E-state index contributed by atoms with van der Waals surface area (Å²) in [5.74, 6) is 0.694. The first-order valence-electron chi connectivity index (χ1n) is 9.69. The molecule has 1 heterocycles. The Balaban J connectivity index is 1.63. The first-order chi connectivity index (χ1) is 15.0. The predicted molar refractivity (Wildman–Crippen MR) is 130 cm³/mol. The lowest BCUT2D eigenvalue weighted by Gasteiger charge is -2.13. The highest BCUT2D eigenvalue weighted by atomic mass is 79.9. The summed E-state index contributed by atoms with van der Waals surface area (Å²) in [6.45, 7) is 2.44. The van der Waals surface area contributed by atoms with Gasteiger partial charge in [0, 0.05) is 37.9 Å². The molecular formula is C24H19BrClN3O2. The highest BCUT2D eigenvalue weighted by Crippen LogP contribution is 2.32. The Bertz CT molecular complexity index is 1250. The third-order valence-corrected chi connectivity index (χ3v) is 5.31. The van der Waals surface area contributed by atoms with Gasteiger partial charge in [0.05, 0.1) is 17.8 Å². The molecule has 0 aliphatic heterocycles. The van der Waals surface area contributed by atoms with Crippen molar-refractivity contribution in [2.24, 2.45) is 0 Å². The van der Waals surface area contributed by atoms with Gasteiger partial charge in [0.15, 0.2) is 0 Å². The summed E-state index contributed by atoms with van der Waals surface area (Å²) >= 11 is 9.52. The molecule has 0 aliphatic carbocycles. The normalized spacial score (nSPS) is 10.7. The van der Waals surface area contributed by atoms with E-state index < -0.39 is 0 Å². The third-order valence-electron chi connectivity index (χ3n) is 4.55.